The van der Waals surface area contributed by atoms with E-state index in [0.29, 0.717) is 17.5 Å². The van der Waals surface area contributed by atoms with Crippen molar-refractivity contribution >= 4 is 65.6 Å². The lowest BCUT2D eigenvalue weighted by atomic mass is 9.95. The Morgan fingerprint density at radius 1 is 0.240 bits per heavy atom. The highest BCUT2D eigenvalue weighted by Gasteiger charge is 2.21. The van der Waals surface area contributed by atoms with Crippen molar-refractivity contribution in [1.82, 2.24) is 24.1 Å². The maximum absolute atomic E-state index is 6.27. The summed E-state index contributed by atoms with van der Waals surface area (Å²) in [5, 5.41) is 7.01. The minimum absolute atomic E-state index is 0.582. The Hall–Kier alpha value is -10.2. The highest BCUT2D eigenvalue weighted by molar-refractivity contribution is 6.11. The van der Waals surface area contributed by atoms with E-state index in [4.69, 9.17) is 19.4 Å². The quantitative estimate of drug-likeness (QED) is 0.152. The molecule has 4 aromatic heterocycles. The second kappa shape index (κ2) is 17.3. The fourth-order valence-corrected chi connectivity index (χ4v) is 11.3. The molecular weight excluding hydrogens is 915 g/mol. The van der Waals surface area contributed by atoms with E-state index in [1.54, 1.807) is 0 Å². The third-order valence-corrected chi connectivity index (χ3v) is 14.8. The molecule has 11 aromatic carbocycles. The lowest BCUT2D eigenvalue weighted by Crippen LogP contribution is -2.02. The van der Waals surface area contributed by atoms with Crippen molar-refractivity contribution in [3.05, 3.63) is 261 Å². The molecule has 0 aliphatic rings. The van der Waals surface area contributed by atoms with Gasteiger partial charge in [-0.15, -0.1) is 0 Å². The standard InChI is InChI=1S/C69H43N5O/c1-3-18-44(19-4-1)51-37-34-50(43-64(51)74-61-31-14-9-26-54(61)55-27-10-15-32-62(55)74)69-71-67(45-20-5-2-6-21-45)70-68(72-69)49-23-17-22-48(40-49)57-41-46(47-36-39-66-58(42-47)56-28-11-16-33-65(56)75-66)35-38-63(57)73-59-29-12-7-24-52(59)53-25-8-13-30-60(53)73/h1-43H. The molecule has 0 saturated carbocycles. The van der Waals surface area contributed by atoms with Crippen LogP contribution in [0.3, 0.4) is 0 Å². The summed E-state index contributed by atoms with van der Waals surface area (Å²) in [7, 11) is 0. The molecular formula is C69H43N5O. The predicted molar refractivity (Wildman–Crippen MR) is 308 cm³/mol. The summed E-state index contributed by atoms with van der Waals surface area (Å²) in [4.78, 5) is 16.0. The van der Waals surface area contributed by atoms with Gasteiger partial charge in [0.25, 0.3) is 0 Å². The predicted octanol–water partition coefficient (Wildman–Crippen LogP) is 18.0. The van der Waals surface area contributed by atoms with E-state index in [-0.39, 0.29) is 0 Å². The Morgan fingerprint density at radius 3 is 1.31 bits per heavy atom. The Labute approximate surface area is 431 Å². The molecule has 4 heterocycles. The Bertz CT molecular complexity index is 4610. The zero-order chi connectivity index (χ0) is 49.4. The van der Waals surface area contributed by atoms with E-state index in [1.165, 1.54) is 21.5 Å². The van der Waals surface area contributed by atoms with Gasteiger partial charge in [0.05, 0.1) is 33.4 Å². The summed E-state index contributed by atoms with van der Waals surface area (Å²) >= 11 is 0. The van der Waals surface area contributed by atoms with Crippen LogP contribution in [0.15, 0.2) is 265 Å². The second-order valence-electron chi connectivity index (χ2n) is 19.1. The molecule has 0 saturated heterocycles. The van der Waals surface area contributed by atoms with Crippen molar-refractivity contribution < 1.29 is 4.42 Å². The van der Waals surface area contributed by atoms with Crippen LogP contribution in [-0.2, 0) is 0 Å². The van der Waals surface area contributed by atoms with Gasteiger partial charge < -0.3 is 13.6 Å². The van der Waals surface area contributed by atoms with Gasteiger partial charge in [-0.25, -0.2) is 15.0 Å². The van der Waals surface area contributed by atoms with E-state index in [1.807, 2.05) is 30.3 Å². The molecule has 0 amide bonds. The number of rotatable bonds is 8. The Balaban J connectivity index is 0.934. The van der Waals surface area contributed by atoms with Crippen LogP contribution < -0.4 is 0 Å². The number of para-hydroxylation sites is 5. The number of furan rings is 1. The molecule has 0 atom stereocenters. The lowest BCUT2D eigenvalue weighted by molar-refractivity contribution is 0.669. The van der Waals surface area contributed by atoms with Gasteiger partial charge in [-0.05, 0) is 89.0 Å². The highest BCUT2D eigenvalue weighted by atomic mass is 16.3. The van der Waals surface area contributed by atoms with Gasteiger partial charge in [0.15, 0.2) is 17.5 Å². The summed E-state index contributed by atoms with van der Waals surface area (Å²) in [6.45, 7) is 0. The third-order valence-electron chi connectivity index (χ3n) is 14.8. The molecule has 0 aliphatic carbocycles. The number of nitrogens with zero attached hydrogens (tertiary/aromatic N) is 5. The summed E-state index contributed by atoms with van der Waals surface area (Å²) in [6, 6.07) is 92.4. The van der Waals surface area contributed by atoms with Crippen LogP contribution >= 0.6 is 0 Å². The molecule has 0 unspecified atom stereocenters. The first-order valence-corrected chi connectivity index (χ1v) is 25.3. The minimum atomic E-state index is 0.582. The van der Waals surface area contributed by atoms with Gasteiger partial charge >= 0.3 is 0 Å². The normalized spacial score (nSPS) is 11.7. The third kappa shape index (κ3) is 7.07. The van der Waals surface area contributed by atoms with E-state index in [0.717, 1.165) is 105 Å². The Morgan fingerprint density at radius 2 is 0.680 bits per heavy atom. The molecule has 15 aromatic rings. The van der Waals surface area contributed by atoms with Crippen LogP contribution in [0, 0.1) is 0 Å². The first-order chi connectivity index (χ1) is 37.2. The van der Waals surface area contributed by atoms with Crippen LogP contribution in [0.1, 0.15) is 0 Å². The average molecular weight is 958 g/mol. The molecule has 15 rings (SSSR count). The van der Waals surface area contributed by atoms with Crippen molar-refractivity contribution in [3.63, 3.8) is 0 Å². The van der Waals surface area contributed by atoms with Crippen LogP contribution in [-0.4, -0.2) is 24.1 Å². The van der Waals surface area contributed by atoms with E-state index in [2.05, 4.69) is 240 Å². The highest BCUT2D eigenvalue weighted by Crippen LogP contribution is 2.42. The molecule has 0 radical (unpaired) electrons. The number of fused-ring (bicyclic) bond motifs is 9. The van der Waals surface area contributed by atoms with Gasteiger partial charge in [0.1, 0.15) is 11.2 Å². The smallest absolute Gasteiger partial charge is 0.164 e. The molecule has 0 aliphatic heterocycles. The summed E-state index contributed by atoms with van der Waals surface area (Å²) < 4.78 is 11.1. The molecule has 75 heavy (non-hydrogen) atoms. The fraction of sp³-hybridized carbons (Fsp3) is 0. The van der Waals surface area contributed by atoms with Crippen molar-refractivity contribution in [3.8, 4) is 78.9 Å². The Kier molecular flexibility index (Phi) is 9.78. The van der Waals surface area contributed by atoms with Crippen molar-refractivity contribution in [1.29, 1.82) is 0 Å². The molecule has 0 spiro atoms. The second-order valence-corrected chi connectivity index (χ2v) is 19.1. The largest absolute Gasteiger partial charge is 0.456 e. The monoisotopic (exact) mass is 957 g/mol. The molecule has 0 N–H and O–H groups in total. The number of hydrogen-bond acceptors (Lipinski definition) is 4. The maximum Gasteiger partial charge on any atom is 0.164 e. The van der Waals surface area contributed by atoms with Gasteiger partial charge in [0.2, 0.25) is 0 Å². The van der Waals surface area contributed by atoms with Crippen LogP contribution in [0.25, 0.3) is 144 Å². The topological polar surface area (TPSA) is 61.7 Å². The van der Waals surface area contributed by atoms with Gasteiger partial charge in [-0.1, -0.05) is 194 Å². The first-order valence-electron chi connectivity index (χ1n) is 25.3. The van der Waals surface area contributed by atoms with Crippen LogP contribution in [0.4, 0.5) is 0 Å². The number of hydrogen-bond donors (Lipinski definition) is 0. The number of benzene rings is 11. The maximum atomic E-state index is 6.27. The zero-order valence-corrected chi connectivity index (χ0v) is 40.5. The lowest BCUT2D eigenvalue weighted by Gasteiger charge is -2.17. The van der Waals surface area contributed by atoms with Crippen molar-refractivity contribution in [2.75, 3.05) is 0 Å². The van der Waals surface area contributed by atoms with E-state index >= 15 is 0 Å². The first kappa shape index (κ1) is 42.5. The van der Waals surface area contributed by atoms with Crippen molar-refractivity contribution in [2.45, 2.75) is 0 Å². The molecule has 0 bridgehead atoms. The van der Waals surface area contributed by atoms with Crippen LogP contribution in [0.5, 0.6) is 0 Å². The van der Waals surface area contributed by atoms with E-state index in [9.17, 15) is 0 Å². The number of aromatic nitrogens is 5. The van der Waals surface area contributed by atoms with E-state index < -0.39 is 0 Å². The summed E-state index contributed by atoms with van der Waals surface area (Å²) in [5.74, 6) is 1.76. The van der Waals surface area contributed by atoms with Crippen LogP contribution in [0.2, 0.25) is 0 Å². The van der Waals surface area contributed by atoms with Crippen molar-refractivity contribution in [2.24, 2.45) is 0 Å². The minimum Gasteiger partial charge on any atom is -0.456 e. The van der Waals surface area contributed by atoms with Gasteiger partial charge in [-0.3, -0.25) is 0 Å². The fourth-order valence-electron chi connectivity index (χ4n) is 11.3. The molecule has 6 nitrogen and oxygen atoms in total. The summed E-state index contributed by atoms with van der Waals surface area (Å²) in [6.07, 6.45) is 0. The molecule has 6 heteroatoms. The van der Waals surface area contributed by atoms with Gasteiger partial charge in [0, 0.05) is 60.1 Å². The molecule has 350 valence electrons. The molecule has 0 fully saturated rings. The zero-order valence-electron chi connectivity index (χ0n) is 40.5. The SMILES string of the molecule is c1ccc(-c2nc(-c3cccc(-c4cc(-c5ccc6oc7ccccc7c6c5)ccc4-n4c5ccccc5c5ccccc54)c3)nc(-c3ccc(-c4ccccc4)c(-n4c5ccccc5c5ccccc54)c3)n2)cc1. The van der Waals surface area contributed by atoms with Gasteiger partial charge in [-0.2, -0.15) is 0 Å². The average Bonchev–Trinajstić information content (AvgIpc) is 4.15. The summed E-state index contributed by atoms with van der Waals surface area (Å²) in [5.41, 5.74) is 17.6.